The zero-order valence-corrected chi connectivity index (χ0v) is 9.35. The fraction of sp³-hybridized carbons (Fsp3) is 0.429. The van der Waals surface area contributed by atoms with Gasteiger partial charge in [0.2, 0.25) is 0 Å². The van der Waals surface area contributed by atoms with Crippen molar-refractivity contribution in [3.05, 3.63) is 22.5 Å². The lowest BCUT2D eigenvalue weighted by Crippen LogP contribution is -2.08. The van der Waals surface area contributed by atoms with Crippen molar-refractivity contribution >= 4 is 27.4 Å². The summed E-state index contributed by atoms with van der Waals surface area (Å²) in [6.07, 6.45) is 1.36. The van der Waals surface area contributed by atoms with Gasteiger partial charge >= 0.3 is 0 Å². The molecule has 0 aliphatic heterocycles. The predicted octanol–water partition coefficient (Wildman–Crippen LogP) is 2.88. The van der Waals surface area contributed by atoms with E-state index in [-0.39, 0.29) is 4.95 Å². The van der Waals surface area contributed by atoms with Crippen LogP contribution in [0.25, 0.3) is 10.4 Å². The summed E-state index contributed by atoms with van der Waals surface area (Å²) in [6.45, 7) is 3.72. The van der Waals surface area contributed by atoms with Crippen LogP contribution in [-0.2, 0) is 0 Å². The maximum absolute atomic E-state index is 8.33. The number of aromatic nitrogens is 2. The van der Waals surface area contributed by atoms with Gasteiger partial charge in [-0.25, -0.2) is 9.97 Å². The Morgan fingerprint density at radius 2 is 2.36 bits per heavy atom. The van der Waals surface area contributed by atoms with Crippen molar-refractivity contribution in [3.8, 4) is 0 Å². The summed E-state index contributed by atoms with van der Waals surface area (Å²) in [5, 5.41) is 6.52. The molecular weight excluding hydrogens is 248 g/mol. The number of nitrogens with one attached hydrogen (secondary N) is 1. The molecule has 0 aliphatic carbocycles. The highest BCUT2D eigenvalue weighted by Crippen LogP contribution is 2.25. The normalized spacial score (nSPS) is 11.6. The van der Waals surface area contributed by atoms with Crippen LogP contribution in [0.1, 0.15) is 12.6 Å². The minimum Gasteiger partial charge on any atom is -0.370 e. The van der Waals surface area contributed by atoms with Crippen molar-refractivity contribution in [3.63, 3.8) is 0 Å². The highest BCUT2D eigenvalue weighted by molar-refractivity contribution is 9.09. The summed E-state index contributed by atoms with van der Waals surface area (Å²) < 4.78 is 0. The van der Waals surface area contributed by atoms with Crippen molar-refractivity contribution in [1.29, 1.82) is 0 Å². The zero-order valence-electron chi connectivity index (χ0n) is 7.77. The van der Waals surface area contributed by atoms with Gasteiger partial charge in [-0.3, -0.25) is 0 Å². The van der Waals surface area contributed by atoms with Crippen molar-refractivity contribution in [2.75, 3.05) is 5.32 Å². The molecule has 14 heavy (non-hydrogen) atoms. The smallest absolute Gasteiger partial charge is 0.153 e. The Labute approximate surface area is 89.5 Å². The van der Waals surface area contributed by atoms with Gasteiger partial charge in [-0.05, 0) is 24.5 Å². The van der Waals surface area contributed by atoms with Gasteiger partial charge in [-0.1, -0.05) is 15.9 Å². The molecule has 0 spiro atoms. The van der Waals surface area contributed by atoms with Gasteiger partial charge < -0.3 is 5.32 Å². The predicted molar refractivity (Wildman–Crippen MR) is 57.6 cm³/mol. The first-order chi connectivity index (χ1) is 6.65. The second-order valence-corrected chi connectivity index (χ2v) is 3.98. The lowest BCUT2D eigenvalue weighted by molar-refractivity contribution is 1.05. The molecule has 1 aromatic rings. The molecule has 74 valence electrons. The van der Waals surface area contributed by atoms with Crippen molar-refractivity contribution in [2.24, 2.45) is 5.11 Å². The van der Waals surface area contributed by atoms with Crippen LogP contribution in [0.3, 0.4) is 0 Å². The van der Waals surface area contributed by atoms with E-state index in [1.807, 2.05) is 13.8 Å². The monoisotopic (exact) mass is 256 g/mol. The molecule has 0 saturated heterocycles. The molecule has 0 fully saturated rings. The van der Waals surface area contributed by atoms with Crippen LogP contribution in [0.4, 0.5) is 11.5 Å². The van der Waals surface area contributed by atoms with E-state index in [0.717, 1.165) is 5.69 Å². The number of alkyl halides is 1. The van der Waals surface area contributed by atoms with Gasteiger partial charge in [0.25, 0.3) is 0 Å². The molecule has 0 saturated carbocycles. The molecule has 1 heterocycles. The average molecular weight is 257 g/mol. The summed E-state index contributed by atoms with van der Waals surface area (Å²) in [6, 6.07) is 0. The van der Waals surface area contributed by atoms with Crippen LogP contribution in [0.5, 0.6) is 0 Å². The molecule has 0 radical (unpaired) electrons. The molecule has 7 heteroatoms. The SMILES string of the molecule is Cc1ncnc(N=[N+]=[N-])c1NC(C)Br. The van der Waals surface area contributed by atoms with E-state index in [4.69, 9.17) is 5.53 Å². The van der Waals surface area contributed by atoms with E-state index in [9.17, 15) is 0 Å². The lowest BCUT2D eigenvalue weighted by atomic mass is 10.3. The first kappa shape index (κ1) is 10.7. The molecule has 6 nitrogen and oxygen atoms in total. The van der Waals surface area contributed by atoms with Crippen molar-refractivity contribution < 1.29 is 0 Å². The van der Waals surface area contributed by atoms with Crippen LogP contribution in [0.15, 0.2) is 11.4 Å². The lowest BCUT2D eigenvalue weighted by Gasteiger charge is -2.11. The van der Waals surface area contributed by atoms with E-state index < -0.39 is 0 Å². The van der Waals surface area contributed by atoms with E-state index in [1.54, 1.807) is 0 Å². The number of nitrogens with zero attached hydrogens (tertiary/aromatic N) is 5. The number of azide groups is 1. The molecule has 1 aromatic heterocycles. The summed E-state index contributed by atoms with van der Waals surface area (Å²) in [5.74, 6) is 0.311. The average Bonchev–Trinajstić information content (AvgIpc) is 2.11. The topological polar surface area (TPSA) is 86.6 Å². The molecular formula is C7H9BrN6. The third kappa shape index (κ3) is 2.58. The fourth-order valence-corrected chi connectivity index (χ4v) is 1.18. The number of hydrogen-bond acceptors (Lipinski definition) is 4. The van der Waals surface area contributed by atoms with E-state index in [0.29, 0.717) is 11.5 Å². The van der Waals surface area contributed by atoms with Crippen LogP contribution in [-0.4, -0.2) is 14.9 Å². The first-order valence-electron chi connectivity index (χ1n) is 3.92. The number of anilines is 1. The molecule has 0 amide bonds. The molecule has 0 aromatic carbocycles. The highest BCUT2D eigenvalue weighted by Gasteiger charge is 2.07. The van der Waals surface area contributed by atoms with E-state index in [1.165, 1.54) is 6.33 Å². The van der Waals surface area contributed by atoms with E-state index in [2.05, 4.69) is 41.2 Å². The van der Waals surface area contributed by atoms with Crippen LogP contribution in [0, 0.1) is 6.92 Å². The van der Waals surface area contributed by atoms with Gasteiger partial charge in [-0.2, -0.15) is 0 Å². The summed E-state index contributed by atoms with van der Waals surface area (Å²) in [7, 11) is 0. The third-order valence-corrected chi connectivity index (χ3v) is 1.73. The third-order valence-electron chi connectivity index (χ3n) is 1.50. The Kier molecular flexibility index (Phi) is 3.67. The minimum absolute atomic E-state index is 0.0554. The second-order valence-electron chi connectivity index (χ2n) is 2.61. The standard InChI is InChI=1S/C7H9BrN6/c1-4-6(12-5(2)8)7(13-14-9)11-3-10-4/h3,5,12H,1-2H3. The molecule has 1 rings (SSSR count). The number of aryl methyl sites for hydroxylation is 1. The van der Waals surface area contributed by atoms with E-state index >= 15 is 0 Å². The Bertz CT molecular complexity index is 370. The summed E-state index contributed by atoms with van der Waals surface area (Å²) >= 11 is 3.33. The highest BCUT2D eigenvalue weighted by atomic mass is 79.9. The van der Waals surface area contributed by atoms with Crippen LogP contribution < -0.4 is 5.32 Å². The molecule has 1 N–H and O–H groups in total. The van der Waals surface area contributed by atoms with Gasteiger partial charge in [0.1, 0.15) is 6.33 Å². The Hall–Kier alpha value is -1.33. The van der Waals surface area contributed by atoms with Crippen LogP contribution in [0.2, 0.25) is 0 Å². The Morgan fingerprint density at radius 1 is 1.64 bits per heavy atom. The van der Waals surface area contributed by atoms with Gasteiger partial charge in [-0.15, -0.1) is 0 Å². The fourth-order valence-electron chi connectivity index (χ4n) is 0.947. The Morgan fingerprint density at radius 3 is 2.93 bits per heavy atom. The first-order valence-corrected chi connectivity index (χ1v) is 4.84. The summed E-state index contributed by atoms with van der Waals surface area (Å²) in [4.78, 5) is 10.6. The molecule has 1 unspecified atom stereocenters. The second kappa shape index (κ2) is 4.78. The quantitative estimate of drug-likeness (QED) is 0.297. The summed E-state index contributed by atoms with van der Waals surface area (Å²) in [5.41, 5.74) is 9.72. The molecule has 1 atom stereocenters. The van der Waals surface area contributed by atoms with Crippen molar-refractivity contribution in [1.82, 2.24) is 9.97 Å². The Balaban J connectivity index is 3.14. The minimum atomic E-state index is 0.0554. The molecule has 0 aliphatic rings. The largest absolute Gasteiger partial charge is 0.370 e. The van der Waals surface area contributed by atoms with Gasteiger partial charge in [0, 0.05) is 4.91 Å². The van der Waals surface area contributed by atoms with Gasteiger partial charge in [0.15, 0.2) is 5.82 Å². The van der Waals surface area contributed by atoms with Crippen LogP contribution >= 0.6 is 15.9 Å². The maximum atomic E-state index is 8.33. The van der Waals surface area contributed by atoms with Gasteiger partial charge in [0.05, 0.1) is 16.3 Å². The molecule has 0 bridgehead atoms. The zero-order chi connectivity index (χ0) is 10.6. The van der Waals surface area contributed by atoms with Crippen molar-refractivity contribution in [2.45, 2.75) is 18.8 Å². The number of halogens is 1. The number of hydrogen-bond donors (Lipinski definition) is 1. The maximum Gasteiger partial charge on any atom is 0.153 e. The number of rotatable bonds is 3.